The molecular formula is C20H32N3O9P. The molecule has 0 radical (unpaired) electrons. The number of rotatable bonds is 13. The van der Waals surface area contributed by atoms with Gasteiger partial charge in [0.15, 0.2) is 0 Å². The molecule has 0 bridgehead atoms. The van der Waals surface area contributed by atoms with Crippen LogP contribution in [0.2, 0.25) is 0 Å². The molecule has 0 unspecified atom stereocenters. The van der Waals surface area contributed by atoms with Gasteiger partial charge in [-0.2, -0.15) is 0 Å². The van der Waals surface area contributed by atoms with Crippen LogP contribution in [0.3, 0.4) is 0 Å². The van der Waals surface area contributed by atoms with Crippen LogP contribution < -0.4 is 0 Å². The summed E-state index contributed by atoms with van der Waals surface area (Å²) in [6.07, 6.45) is 2.93. The highest BCUT2D eigenvalue weighted by Crippen LogP contribution is 2.48. The van der Waals surface area contributed by atoms with Gasteiger partial charge in [0.2, 0.25) is 13.6 Å². The van der Waals surface area contributed by atoms with Gasteiger partial charge in [-0.25, -0.2) is 14.3 Å². The second kappa shape index (κ2) is 12.7. The van der Waals surface area contributed by atoms with Crippen molar-refractivity contribution in [3.63, 3.8) is 0 Å². The Hall–Kier alpha value is -2.43. The molecule has 33 heavy (non-hydrogen) atoms. The fourth-order valence-corrected chi connectivity index (χ4v) is 3.70. The van der Waals surface area contributed by atoms with Crippen LogP contribution in [0.5, 0.6) is 0 Å². The number of nitrogens with zero attached hydrogens (tertiary/aromatic N) is 3. The Morgan fingerprint density at radius 1 is 1.09 bits per heavy atom. The molecule has 2 rings (SSSR count). The summed E-state index contributed by atoms with van der Waals surface area (Å²) in [6, 6.07) is 0. The molecule has 0 amide bonds. The number of carbonyl (C=O) groups is 2. The Labute approximate surface area is 193 Å². The van der Waals surface area contributed by atoms with Gasteiger partial charge in [0.05, 0.1) is 30.6 Å². The standard InChI is InChI=1S/C20H32N3O9P/c1-14(2)31-19(24)27-12-29-33(26,30-13-28-20(25)32-15(3)4)9-8-16(5)10-23-11-18(21-22-23)17-6-7-17/h8,11,14-15,17H,6-7,9-10,12-13H2,1-5H3/b16-8+. The average Bonchev–Trinajstić information content (AvgIpc) is 3.45. The van der Waals surface area contributed by atoms with Crippen molar-refractivity contribution in [2.75, 3.05) is 19.7 Å². The van der Waals surface area contributed by atoms with Crippen LogP contribution in [0.15, 0.2) is 17.8 Å². The van der Waals surface area contributed by atoms with E-state index >= 15 is 0 Å². The smallest absolute Gasteiger partial charge is 0.432 e. The maximum Gasteiger partial charge on any atom is 0.510 e. The van der Waals surface area contributed by atoms with Crippen molar-refractivity contribution in [3.05, 3.63) is 23.5 Å². The van der Waals surface area contributed by atoms with E-state index < -0.39 is 33.5 Å². The molecule has 1 fully saturated rings. The van der Waals surface area contributed by atoms with Gasteiger partial charge >= 0.3 is 19.9 Å². The number of aromatic nitrogens is 3. The van der Waals surface area contributed by atoms with E-state index in [0.717, 1.165) is 24.1 Å². The van der Waals surface area contributed by atoms with Crippen LogP contribution in [0, 0.1) is 0 Å². The van der Waals surface area contributed by atoms with Gasteiger partial charge in [-0.1, -0.05) is 16.9 Å². The third-order valence-electron chi connectivity index (χ3n) is 4.14. The van der Waals surface area contributed by atoms with Gasteiger partial charge in [0.25, 0.3) is 0 Å². The molecule has 0 N–H and O–H groups in total. The Bertz CT molecular complexity index is 833. The lowest BCUT2D eigenvalue weighted by atomic mass is 10.3. The molecule has 1 aromatic rings. The van der Waals surface area contributed by atoms with Gasteiger partial charge in [-0.05, 0) is 47.5 Å². The zero-order chi connectivity index (χ0) is 24.4. The van der Waals surface area contributed by atoms with E-state index in [1.807, 2.05) is 13.1 Å². The highest BCUT2D eigenvalue weighted by molar-refractivity contribution is 7.54. The van der Waals surface area contributed by atoms with E-state index in [1.165, 1.54) is 0 Å². The summed E-state index contributed by atoms with van der Waals surface area (Å²) in [5.41, 5.74) is 1.80. The van der Waals surface area contributed by atoms with Crippen LogP contribution in [0.25, 0.3) is 0 Å². The Morgan fingerprint density at radius 2 is 1.64 bits per heavy atom. The SMILES string of the molecule is C/C(=C\CP(=O)(OCOC(=O)OC(C)C)OCOC(=O)OC(C)C)Cn1cc(C2CC2)nn1. The molecule has 13 heteroatoms. The summed E-state index contributed by atoms with van der Waals surface area (Å²) in [4.78, 5) is 23.0. The Balaban J connectivity index is 1.91. The predicted molar refractivity (Wildman–Crippen MR) is 116 cm³/mol. The number of ether oxygens (including phenoxy) is 4. The number of allylic oxidation sites excluding steroid dienone is 2. The molecule has 1 heterocycles. The number of carbonyl (C=O) groups excluding carboxylic acids is 2. The van der Waals surface area contributed by atoms with E-state index in [4.69, 9.17) is 28.0 Å². The van der Waals surface area contributed by atoms with E-state index in [0.29, 0.717) is 12.5 Å². The second-order valence-corrected chi connectivity index (χ2v) is 10.2. The summed E-state index contributed by atoms with van der Waals surface area (Å²) in [7, 11) is -3.85. The highest BCUT2D eigenvalue weighted by atomic mass is 31.2. The third kappa shape index (κ3) is 10.8. The van der Waals surface area contributed by atoms with Crippen molar-refractivity contribution >= 4 is 19.9 Å². The maximum atomic E-state index is 13.1. The van der Waals surface area contributed by atoms with E-state index in [1.54, 1.807) is 38.5 Å². The summed E-state index contributed by atoms with van der Waals surface area (Å²) in [6.45, 7) is 7.55. The van der Waals surface area contributed by atoms with Gasteiger partial charge < -0.3 is 18.9 Å². The largest absolute Gasteiger partial charge is 0.510 e. The number of hydrogen-bond acceptors (Lipinski definition) is 11. The molecule has 1 aromatic heterocycles. The van der Waals surface area contributed by atoms with Crippen molar-refractivity contribution in [1.29, 1.82) is 0 Å². The van der Waals surface area contributed by atoms with Gasteiger partial charge in [-0.3, -0.25) is 13.6 Å². The van der Waals surface area contributed by atoms with Gasteiger partial charge in [0.1, 0.15) is 0 Å². The molecule has 12 nitrogen and oxygen atoms in total. The lowest BCUT2D eigenvalue weighted by Crippen LogP contribution is -2.16. The first-order chi connectivity index (χ1) is 15.6. The summed E-state index contributed by atoms with van der Waals surface area (Å²) < 4.78 is 44.3. The lowest BCUT2D eigenvalue weighted by molar-refractivity contribution is -0.0298. The zero-order valence-corrected chi connectivity index (χ0v) is 20.5. The molecule has 1 aliphatic carbocycles. The van der Waals surface area contributed by atoms with Gasteiger partial charge in [-0.15, -0.1) is 5.10 Å². The van der Waals surface area contributed by atoms with Crippen LogP contribution in [0.4, 0.5) is 9.59 Å². The summed E-state index contributed by atoms with van der Waals surface area (Å²) in [5, 5.41) is 8.25. The van der Waals surface area contributed by atoms with Crippen LogP contribution in [-0.4, -0.2) is 59.3 Å². The first-order valence-electron chi connectivity index (χ1n) is 10.7. The first kappa shape index (κ1) is 26.8. The van der Waals surface area contributed by atoms with Crippen molar-refractivity contribution in [3.8, 4) is 0 Å². The maximum absolute atomic E-state index is 13.1. The number of hydrogen-bond donors (Lipinski definition) is 0. The second-order valence-electron chi connectivity index (χ2n) is 8.08. The molecule has 0 aromatic carbocycles. The van der Waals surface area contributed by atoms with E-state index in [-0.39, 0.29) is 18.4 Å². The predicted octanol–water partition coefficient (Wildman–Crippen LogP) is 4.37. The van der Waals surface area contributed by atoms with Crippen molar-refractivity contribution in [1.82, 2.24) is 15.0 Å². The fourth-order valence-electron chi connectivity index (χ4n) is 2.45. The first-order valence-corrected chi connectivity index (χ1v) is 12.4. The molecule has 1 aliphatic rings. The van der Waals surface area contributed by atoms with E-state index in [2.05, 4.69) is 10.3 Å². The molecule has 0 saturated heterocycles. The van der Waals surface area contributed by atoms with Crippen molar-refractivity contribution in [2.24, 2.45) is 0 Å². The Morgan fingerprint density at radius 3 is 2.12 bits per heavy atom. The van der Waals surface area contributed by atoms with E-state index in [9.17, 15) is 14.2 Å². The molecule has 0 aliphatic heterocycles. The van der Waals surface area contributed by atoms with Crippen molar-refractivity contribution in [2.45, 2.75) is 72.1 Å². The average molecular weight is 489 g/mol. The third-order valence-corrected chi connectivity index (χ3v) is 5.77. The normalized spacial score (nSPS) is 14.5. The molecule has 0 spiro atoms. The summed E-state index contributed by atoms with van der Waals surface area (Å²) in [5.74, 6) is 0.495. The summed E-state index contributed by atoms with van der Waals surface area (Å²) >= 11 is 0. The molecule has 0 atom stereocenters. The van der Waals surface area contributed by atoms with Crippen molar-refractivity contribution < 1.29 is 42.1 Å². The van der Waals surface area contributed by atoms with Crippen LogP contribution >= 0.6 is 7.60 Å². The van der Waals surface area contributed by atoms with Gasteiger partial charge in [0, 0.05) is 12.1 Å². The zero-order valence-electron chi connectivity index (χ0n) is 19.6. The fraction of sp³-hybridized carbons (Fsp3) is 0.700. The minimum Gasteiger partial charge on any atom is -0.432 e. The Kier molecular flexibility index (Phi) is 10.3. The minimum atomic E-state index is -3.85. The monoisotopic (exact) mass is 489 g/mol. The van der Waals surface area contributed by atoms with Crippen LogP contribution in [0.1, 0.15) is 59.1 Å². The quantitative estimate of drug-likeness (QED) is 0.169. The lowest BCUT2D eigenvalue weighted by Gasteiger charge is -2.18. The molecule has 186 valence electrons. The molecular weight excluding hydrogens is 457 g/mol. The highest BCUT2D eigenvalue weighted by Gasteiger charge is 2.27. The minimum absolute atomic E-state index is 0.159. The topological polar surface area (TPSA) is 137 Å². The van der Waals surface area contributed by atoms with Crippen LogP contribution in [-0.2, 0) is 39.1 Å². The molecule has 1 saturated carbocycles.